The Kier molecular flexibility index (Phi) is 6.51. The second kappa shape index (κ2) is 7.16. The van der Waals surface area contributed by atoms with E-state index in [2.05, 4.69) is 21.7 Å². The summed E-state index contributed by atoms with van der Waals surface area (Å²) in [6.07, 6.45) is 1.35. The van der Waals surface area contributed by atoms with E-state index in [0.29, 0.717) is 25.1 Å². The Labute approximate surface area is 83.2 Å². The Morgan fingerprint density at radius 1 is 1.64 bits per heavy atom. The lowest BCUT2D eigenvalue weighted by Crippen LogP contribution is -2.31. The Morgan fingerprint density at radius 3 is 2.79 bits per heavy atom. The molecule has 5 N–H and O–H groups in total. The summed E-state index contributed by atoms with van der Waals surface area (Å²) in [5, 5.41) is 2.45. The maximum absolute atomic E-state index is 10.3. The summed E-state index contributed by atoms with van der Waals surface area (Å²) >= 11 is 0. The highest BCUT2D eigenvalue weighted by Crippen LogP contribution is 2.05. The van der Waals surface area contributed by atoms with Gasteiger partial charge in [-0.25, -0.2) is 4.79 Å². The van der Waals surface area contributed by atoms with Crippen LogP contribution in [0.25, 0.3) is 0 Å². The first-order chi connectivity index (χ1) is 6.57. The molecule has 6 heteroatoms. The average Bonchev–Trinajstić information content (AvgIpc) is 2.12. The molecule has 0 aromatic carbocycles. The molecule has 0 aromatic heterocycles. The van der Waals surface area contributed by atoms with Crippen molar-refractivity contribution in [2.45, 2.75) is 18.9 Å². The molecule has 0 saturated carbocycles. The number of rotatable bonds is 7. The van der Waals surface area contributed by atoms with Crippen molar-refractivity contribution < 1.29 is 14.6 Å². The Bertz CT molecular complexity index is 196. The Morgan fingerprint density at radius 2 is 2.29 bits per heavy atom. The zero-order chi connectivity index (χ0) is 11.0. The molecule has 0 fully saturated rings. The minimum Gasteiger partial charge on any atom is -0.352 e. The number of amides is 2. The van der Waals surface area contributed by atoms with Crippen molar-refractivity contribution in [2.75, 3.05) is 13.7 Å². The van der Waals surface area contributed by atoms with Crippen molar-refractivity contribution in [3.63, 3.8) is 0 Å². The molecule has 0 bridgehead atoms. The van der Waals surface area contributed by atoms with Gasteiger partial charge in [-0.05, 0) is 12.8 Å². The second-order valence-corrected chi connectivity index (χ2v) is 2.76. The minimum absolute atomic E-state index is 0.301. The van der Waals surface area contributed by atoms with Crippen molar-refractivity contribution in [1.82, 2.24) is 5.32 Å². The van der Waals surface area contributed by atoms with Gasteiger partial charge in [0.25, 0.3) is 0 Å². The molecule has 0 aliphatic heterocycles. The van der Waals surface area contributed by atoms with E-state index in [9.17, 15) is 4.79 Å². The van der Waals surface area contributed by atoms with Gasteiger partial charge in [-0.1, -0.05) is 6.58 Å². The first-order valence-corrected chi connectivity index (χ1v) is 4.26. The van der Waals surface area contributed by atoms with Gasteiger partial charge in [0.2, 0.25) is 0 Å². The third kappa shape index (κ3) is 6.27. The van der Waals surface area contributed by atoms with Gasteiger partial charge in [0.05, 0.1) is 13.2 Å². The summed E-state index contributed by atoms with van der Waals surface area (Å²) in [6, 6.07) is -0.838. The summed E-state index contributed by atoms with van der Waals surface area (Å²) in [6.45, 7) is 4.06. The summed E-state index contributed by atoms with van der Waals surface area (Å²) < 4.78 is 0. The highest BCUT2D eigenvalue weighted by Gasteiger charge is 2.08. The van der Waals surface area contributed by atoms with Gasteiger partial charge in [-0.3, -0.25) is 0 Å². The van der Waals surface area contributed by atoms with Gasteiger partial charge in [-0.15, -0.1) is 0 Å². The van der Waals surface area contributed by atoms with Crippen molar-refractivity contribution in [3.8, 4) is 0 Å². The summed E-state index contributed by atoms with van der Waals surface area (Å²) in [5.74, 6) is 0.367. The van der Waals surface area contributed by atoms with Crippen molar-refractivity contribution in [1.29, 1.82) is 0 Å². The number of nitrogens with one attached hydrogen (secondary N) is 1. The highest BCUT2D eigenvalue weighted by molar-refractivity contribution is 5.71. The number of hydrogen-bond donors (Lipinski definition) is 3. The third-order valence-corrected chi connectivity index (χ3v) is 1.60. The number of urea groups is 1. The van der Waals surface area contributed by atoms with E-state index in [1.807, 2.05) is 0 Å². The van der Waals surface area contributed by atoms with Crippen LogP contribution in [0.3, 0.4) is 0 Å². The molecule has 0 aliphatic rings. The fourth-order valence-electron chi connectivity index (χ4n) is 0.863. The van der Waals surface area contributed by atoms with Crippen LogP contribution < -0.4 is 16.8 Å². The Balaban J connectivity index is 3.48. The Hall–Kier alpha value is -1.27. The molecule has 1 unspecified atom stereocenters. The van der Waals surface area contributed by atoms with Crippen LogP contribution in [-0.2, 0) is 9.78 Å². The van der Waals surface area contributed by atoms with Gasteiger partial charge in [-0.2, -0.15) is 4.89 Å². The lowest BCUT2D eigenvalue weighted by Gasteiger charge is -2.12. The molecule has 0 aromatic rings. The van der Waals surface area contributed by atoms with Crippen LogP contribution in [0, 0.1) is 0 Å². The monoisotopic (exact) mass is 203 g/mol. The normalized spacial score (nSPS) is 11.9. The van der Waals surface area contributed by atoms with E-state index in [1.54, 1.807) is 0 Å². The van der Waals surface area contributed by atoms with E-state index < -0.39 is 6.03 Å². The number of primary amides is 1. The van der Waals surface area contributed by atoms with Gasteiger partial charge in [0.1, 0.15) is 0 Å². The lowest BCUT2D eigenvalue weighted by atomic mass is 10.1. The van der Waals surface area contributed by atoms with E-state index in [4.69, 9.17) is 11.5 Å². The van der Waals surface area contributed by atoms with Crippen LogP contribution in [-0.4, -0.2) is 25.7 Å². The third-order valence-electron chi connectivity index (χ3n) is 1.60. The van der Waals surface area contributed by atoms with Crippen LogP contribution in [0.5, 0.6) is 0 Å². The first kappa shape index (κ1) is 12.7. The predicted octanol–water partition coefficient (Wildman–Crippen LogP) is -0.146. The SMILES string of the molecule is C=C(OOC)C(N)CCCNC(N)=O. The van der Waals surface area contributed by atoms with E-state index in [1.165, 1.54) is 7.11 Å². The zero-order valence-electron chi connectivity index (χ0n) is 8.29. The summed E-state index contributed by atoms with van der Waals surface area (Å²) in [5.41, 5.74) is 10.5. The number of nitrogens with two attached hydrogens (primary N) is 2. The number of carbonyl (C=O) groups excluding carboxylic acids is 1. The molecule has 2 amide bonds. The molecular formula is C8H17N3O3. The van der Waals surface area contributed by atoms with Gasteiger partial charge in [0, 0.05) is 6.54 Å². The smallest absolute Gasteiger partial charge is 0.312 e. The van der Waals surface area contributed by atoms with Crippen LogP contribution in [0.4, 0.5) is 4.79 Å². The molecule has 0 aliphatic carbocycles. The fraction of sp³-hybridized carbons (Fsp3) is 0.625. The van der Waals surface area contributed by atoms with E-state index >= 15 is 0 Å². The van der Waals surface area contributed by atoms with Gasteiger partial charge >= 0.3 is 6.03 Å². The van der Waals surface area contributed by atoms with Crippen molar-refractivity contribution >= 4 is 6.03 Å². The molecule has 0 saturated heterocycles. The topological polar surface area (TPSA) is 99.6 Å². The van der Waals surface area contributed by atoms with Crippen LogP contribution in [0.15, 0.2) is 12.3 Å². The zero-order valence-corrected chi connectivity index (χ0v) is 8.29. The van der Waals surface area contributed by atoms with Crippen LogP contribution >= 0.6 is 0 Å². The number of hydrogen-bond acceptors (Lipinski definition) is 4. The molecule has 0 spiro atoms. The fourth-order valence-corrected chi connectivity index (χ4v) is 0.863. The molecule has 14 heavy (non-hydrogen) atoms. The standard InChI is InChI=1S/C8H17N3O3/c1-6(14-13-2)7(9)4-3-5-11-8(10)12/h7H,1,3-5,9H2,2H3,(H3,10,11,12). The molecule has 1 atom stereocenters. The van der Waals surface area contributed by atoms with E-state index in [0.717, 1.165) is 0 Å². The molecule has 0 heterocycles. The van der Waals surface area contributed by atoms with Gasteiger partial charge < -0.3 is 21.7 Å². The van der Waals surface area contributed by atoms with E-state index in [-0.39, 0.29) is 6.04 Å². The first-order valence-electron chi connectivity index (χ1n) is 4.26. The highest BCUT2D eigenvalue weighted by atomic mass is 17.2. The molecule has 6 nitrogen and oxygen atoms in total. The largest absolute Gasteiger partial charge is 0.352 e. The van der Waals surface area contributed by atoms with Crippen molar-refractivity contribution in [2.24, 2.45) is 11.5 Å². The second-order valence-electron chi connectivity index (χ2n) is 2.76. The van der Waals surface area contributed by atoms with Gasteiger partial charge in [0.15, 0.2) is 5.76 Å². The predicted molar refractivity (Wildman–Crippen MR) is 52.0 cm³/mol. The van der Waals surface area contributed by atoms with Crippen LogP contribution in [0.2, 0.25) is 0 Å². The molecule has 0 rings (SSSR count). The lowest BCUT2D eigenvalue weighted by molar-refractivity contribution is -0.240. The molecular weight excluding hydrogens is 186 g/mol. The minimum atomic E-state index is -0.537. The number of carbonyl (C=O) groups is 1. The summed E-state index contributed by atoms with van der Waals surface area (Å²) in [4.78, 5) is 19.3. The molecule has 0 radical (unpaired) electrons. The average molecular weight is 203 g/mol. The summed E-state index contributed by atoms with van der Waals surface area (Å²) in [7, 11) is 1.38. The quantitative estimate of drug-likeness (QED) is 0.232. The molecule has 82 valence electrons. The van der Waals surface area contributed by atoms with Crippen molar-refractivity contribution in [3.05, 3.63) is 12.3 Å². The maximum atomic E-state index is 10.3. The maximum Gasteiger partial charge on any atom is 0.312 e. The van der Waals surface area contributed by atoms with Crippen LogP contribution in [0.1, 0.15) is 12.8 Å².